The molecule has 6 nitrogen and oxygen atoms in total. The monoisotopic (exact) mass is 316 g/mol. The van der Waals surface area contributed by atoms with Crippen LogP contribution < -0.4 is 5.32 Å². The van der Waals surface area contributed by atoms with Crippen molar-refractivity contribution >= 4 is 23.3 Å². The number of fused-ring (bicyclic) bond motifs is 1. The third kappa shape index (κ3) is 3.13. The second-order valence-electron chi connectivity index (χ2n) is 5.15. The lowest BCUT2D eigenvalue weighted by Gasteiger charge is -2.24. The summed E-state index contributed by atoms with van der Waals surface area (Å²) in [6.07, 6.45) is 1.49. The van der Waals surface area contributed by atoms with Crippen LogP contribution in [0.4, 0.5) is 10.1 Å². The van der Waals surface area contributed by atoms with E-state index in [4.69, 9.17) is 4.74 Å². The molecule has 7 heteroatoms. The van der Waals surface area contributed by atoms with Gasteiger partial charge in [-0.25, -0.2) is 4.39 Å². The molecule has 1 aromatic heterocycles. The van der Waals surface area contributed by atoms with Crippen LogP contribution in [0.15, 0.2) is 36.5 Å². The molecule has 0 unspecified atom stereocenters. The second-order valence-corrected chi connectivity index (χ2v) is 5.15. The molecule has 2 N–H and O–H groups in total. The lowest BCUT2D eigenvalue weighted by molar-refractivity contribution is -0.145. The van der Waals surface area contributed by atoms with Gasteiger partial charge < -0.3 is 15.0 Å². The van der Waals surface area contributed by atoms with E-state index < -0.39 is 30.2 Å². The van der Waals surface area contributed by atoms with E-state index in [1.54, 1.807) is 18.3 Å². The van der Waals surface area contributed by atoms with Gasteiger partial charge in [0.1, 0.15) is 5.82 Å². The average molecular weight is 316 g/mol. The van der Waals surface area contributed by atoms with Crippen molar-refractivity contribution in [1.82, 2.24) is 4.98 Å². The largest absolute Gasteiger partial charge is 0.457 e. The lowest BCUT2D eigenvalue weighted by atomic mass is 9.90. The van der Waals surface area contributed by atoms with Crippen LogP contribution in [0.5, 0.6) is 0 Å². The van der Waals surface area contributed by atoms with Gasteiger partial charge in [0.2, 0.25) is 11.7 Å². The molecule has 1 amide bonds. The Labute approximate surface area is 130 Å². The molecule has 0 fully saturated rings. The van der Waals surface area contributed by atoms with Crippen LogP contribution in [0.2, 0.25) is 0 Å². The maximum atomic E-state index is 13.2. The molecule has 2 aromatic rings. The topological polar surface area (TPSA) is 88.3 Å². The molecule has 118 valence electrons. The van der Waals surface area contributed by atoms with E-state index in [0.717, 1.165) is 6.07 Å². The van der Waals surface area contributed by atoms with E-state index in [0.29, 0.717) is 11.3 Å². The smallest absolute Gasteiger partial charge is 0.314 e. The average Bonchev–Trinajstić information content (AvgIpc) is 3.05. The van der Waals surface area contributed by atoms with Crippen LogP contribution in [0, 0.1) is 5.82 Å². The summed E-state index contributed by atoms with van der Waals surface area (Å²) in [6.45, 7) is -0.423. The van der Waals surface area contributed by atoms with E-state index in [9.17, 15) is 18.8 Å². The molecule has 1 atom stereocenters. The zero-order valence-corrected chi connectivity index (χ0v) is 12.0. The Morgan fingerprint density at radius 2 is 2.13 bits per heavy atom. The van der Waals surface area contributed by atoms with Gasteiger partial charge in [0, 0.05) is 18.3 Å². The first-order valence-corrected chi connectivity index (χ1v) is 6.97. The highest BCUT2D eigenvalue weighted by molar-refractivity contribution is 6.01. The number of H-pyrrole nitrogens is 1. The van der Waals surface area contributed by atoms with Crippen LogP contribution in [-0.2, 0) is 14.3 Å². The van der Waals surface area contributed by atoms with Crippen molar-refractivity contribution < 1.29 is 23.5 Å². The molecule has 1 aromatic carbocycles. The van der Waals surface area contributed by atoms with Gasteiger partial charge in [0.05, 0.1) is 11.6 Å². The number of aromatic amines is 1. The third-order valence-electron chi connectivity index (χ3n) is 3.58. The Balaban J connectivity index is 1.73. The minimum Gasteiger partial charge on any atom is -0.457 e. The Kier molecular flexibility index (Phi) is 3.92. The molecule has 0 radical (unpaired) electrons. The third-order valence-corrected chi connectivity index (χ3v) is 3.58. The predicted octanol–water partition coefficient (Wildman–Crippen LogP) is 2.01. The molecule has 3 rings (SSSR count). The van der Waals surface area contributed by atoms with Crippen molar-refractivity contribution in [1.29, 1.82) is 0 Å². The number of ketones is 1. The fraction of sp³-hybridized carbons (Fsp3) is 0.188. The molecule has 1 aliphatic heterocycles. The predicted molar refractivity (Wildman–Crippen MR) is 78.5 cm³/mol. The van der Waals surface area contributed by atoms with E-state index >= 15 is 0 Å². The second kappa shape index (κ2) is 6.04. The number of ether oxygens (including phenoxy) is 1. The first kappa shape index (κ1) is 15.0. The highest BCUT2D eigenvalue weighted by atomic mass is 19.1. The zero-order valence-electron chi connectivity index (χ0n) is 12.0. The zero-order chi connectivity index (χ0) is 16.4. The summed E-state index contributed by atoms with van der Waals surface area (Å²) in [5.74, 6) is -2.83. The van der Waals surface area contributed by atoms with Crippen molar-refractivity contribution in [2.45, 2.75) is 12.3 Å². The van der Waals surface area contributed by atoms with Gasteiger partial charge in [-0.05, 0) is 29.8 Å². The minimum absolute atomic E-state index is 0.103. The number of benzene rings is 1. The highest BCUT2D eigenvalue weighted by Crippen LogP contribution is 2.33. The molecular formula is C16H13FN2O4. The Morgan fingerprint density at radius 1 is 1.30 bits per heavy atom. The minimum atomic E-state index is -0.851. The van der Waals surface area contributed by atoms with Crippen LogP contribution in [0.3, 0.4) is 0 Å². The van der Waals surface area contributed by atoms with Crippen LogP contribution in [-0.4, -0.2) is 29.3 Å². The number of halogens is 1. The molecular weight excluding hydrogens is 303 g/mol. The normalized spacial score (nSPS) is 16.4. The maximum Gasteiger partial charge on any atom is 0.314 e. The summed E-state index contributed by atoms with van der Waals surface area (Å²) in [5.41, 5.74) is 1.06. The number of hydrogen-bond acceptors (Lipinski definition) is 4. The van der Waals surface area contributed by atoms with Gasteiger partial charge in [0.25, 0.3) is 0 Å². The fourth-order valence-electron chi connectivity index (χ4n) is 2.47. The summed E-state index contributed by atoms with van der Waals surface area (Å²) < 4.78 is 18.3. The number of esters is 1. The van der Waals surface area contributed by atoms with Crippen LogP contribution in [0.1, 0.15) is 28.4 Å². The van der Waals surface area contributed by atoms with Gasteiger partial charge in [-0.3, -0.25) is 14.4 Å². The molecule has 0 bridgehead atoms. The number of amides is 1. The Bertz CT molecular complexity index is 770. The number of anilines is 1. The van der Waals surface area contributed by atoms with Crippen LogP contribution in [0.25, 0.3) is 0 Å². The molecule has 1 aliphatic rings. The van der Waals surface area contributed by atoms with Gasteiger partial charge in [-0.1, -0.05) is 6.07 Å². The summed E-state index contributed by atoms with van der Waals surface area (Å²) in [5, 5.41) is 2.51. The number of rotatable bonds is 4. The van der Waals surface area contributed by atoms with Crippen molar-refractivity contribution in [3.8, 4) is 0 Å². The number of carbonyl (C=O) groups is 3. The standard InChI is InChI=1S/C16H13FN2O4/c17-9-3-4-10-11(7-15(21)19-13(10)6-9)16(22)23-8-14(20)12-2-1-5-18-12/h1-6,11,18H,7-8H2,(H,19,21)/t11-/m0/s1. The molecule has 0 spiro atoms. The Hall–Kier alpha value is -2.96. The summed E-state index contributed by atoms with van der Waals surface area (Å²) in [7, 11) is 0. The lowest BCUT2D eigenvalue weighted by Crippen LogP contribution is -2.29. The van der Waals surface area contributed by atoms with E-state index in [2.05, 4.69) is 10.3 Å². The molecule has 0 saturated heterocycles. The number of Topliss-reactive ketones (excluding diaryl/α,β-unsaturated/α-hetero) is 1. The van der Waals surface area contributed by atoms with E-state index in [-0.39, 0.29) is 17.9 Å². The number of nitrogens with one attached hydrogen (secondary N) is 2. The summed E-state index contributed by atoms with van der Waals surface area (Å²) in [6, 6.07) is 7.02. The van der Waals surface area contributed by atoms with Gasteiger partial charge in [-0.15, -0.1) is 0 Å². The Morgan fingerprint density at radius 3 is 2.87 bits per heavy atom. The molecule has 23 heavy (non-hydrogen) atoms. The van der Waals surface area contributed by atoms with E-state index in [1.807, 2.05) is 0 Å². The number of aromatic nitrogens is 1. The molecule has 0 aliphatic carbocycles. The first-order valence-electron chi connectivity index (χ1n) is 6.97. The first-order chi connectivity index (χ1) is 11.0. The maximum absolute atomic E-state index is 13.2. The van der Waals surface area contributed by atoms with Crippen molar-refractivity contribution in [2.24, 2.45) is 0 Å². The van der Waals surface area contributed by atoms with Crippen molar-refractivity contribution in [3.63, 3.8) is 0 Å². The van der Waals surface area contributed by atoms with Crippen molar-refractivity contribution in [2.75, 3.05) is 11.9 Å². The number of carbonyl (C=O) groups excluding carboxylic acids is 3. The highest BCUT2D eigenvalue weighted by Gasteiger charge is 2.32. The van der Waals surface area contributed by atoms with Crippen molar-refractivity contribution in [3.05, 3.63) is 53.6 Å². The number of hydrogen-bond donors (Lipinski definition) is 2. The van der Waals surface area contributed by atoms with Gasteiger partial charge >= 0.3 is 5.97 Å². The van der Waals surface area contributed by atoms with Crippen LogP contribution >= 0.6 is 0 Å². The van der Waals surface area contributed by atoms with E-state index in [1.165, 1.54) is 12.1 Å². The molecule has 2 heterocycles. The SMILES string of the molecule is O=C1C[C@H](C(=O)OCC(=O)c2ccc[nH]2)c2ccc(F)cc2N1. The summed E-state index contributed by atoms with van der Waals surface area (Å²) >= 11 is 0. The van der Waals surface area contributed by atoms with Gasteiger partial charge in [-0.2, -0.15) is 0 Å². The quantitative estimate of drug-likeness (QED) is 0.667. The molecule has 0 saturated carbocycles. The van der Waals surface area contributed by atoms with Gasteiger partial charge in [0.15, 0.2) is 6.61 Å². The summed E-state index contributed by atoms with van der Waals surface area (Å²) in [4.78, 5) is 38.4. The fourth-order valence-corrected chi connectivity index (χ4v) is 2.47.